The lowest BCUT2D eigenvalue weighted by Gasteiger charge is -2.25. The molecule has 1 aromatic rings. The summed E-state index contributed by atoms with van der Waals surface area (Å²) in [5, 5.41) is 5.31. The molecule has 1 atom stereocenters. The molecule has 0 radical (unpaired) electrons. The Balaban J connectivity index is 2.01. The number of para-hydroxylation sites is 2. The summed E-state index contributed by atoms with van der Waals surface area (Å²) in [6.45, 7) is 3.88. The third kappa shape index (κ3) is 2.68. The molecular weight excluding hydrogens is 232 g/mol. The van der Waals surface area contributed by atoms with Gasteiger partial charge in [-0.25, -0.2) is 0 Å². The number of anilines is 1. The molecule has 0 unspecified atom stereocenters. The van der Waals surface area contributed by atoms with E-state index in [1.807, 2.05) is 6.07 Å². The van der Waals surface area contributed by atoms with Gasteiger partial charge in [0, 0.05) is 6.54 Å². The van der Waals surface area contributed by atoms with E-state index in [-0.39, 0.29) is 18.2 Å². The zero-order valence-corrected chi connectivity index (χ0v) is 9.81. The largest absolute Gasteiger partial charge is 0.478 e. The van der Waals surface area contributed by atoms with Gasteiger partial charge in [-0.2, -0.15) is 0 Å². The van der Waals surface area contributed by atoms with Gasteiger partial charge in [-0.05, 0) is 12.1 Å². The molecule has 1 aliphatic heterocycles. The number of amides is 2. The molecule has 5 nitrogen and oxygen atoms in total. The third-order valence-corrected chi connectivity index (χ3v) is 2.52. The highest BCUT2D eigenvalue weighted by atomic mass is 16.5. The summed E-state index contributed by atoms with van der Waals surface area (Å²) >= 11 is 0. The predicted octanol–water partition coefficient (Wildman–Crippen LogP) is 1.08. The summed E-state index contributed by atoms with van der Waals surface area (Å²) in [5.74, 6) is 0.0375. The minimum atomic E-state index is -0.787. The molecule has 0 saturated heterocycles. The van der Waals surface area contributed by atoms with Gasteiger partial charge in [-0.15, -0.1) is 6.58 Å². The van der Waals surface area contributed by atoms with Crippen molar-refractivity contribution in [3.8, 4) is 5.75 Å². The van der Waals surface area contributed by atoms with Gasteiger partial charge >= 0.3 is 0 Å². The van der Waals surface area contributed by atoms with Crippen LogP contribution in [0, 0.1) is 0 Å². The van der Waals surface area contributed by atoms with Crippen molar-refractivity contribution in [1.82, 2.24) is 5.32 Å². The Morgan fingerprint density at radius 2 is 2.28 bits per heavy atom. The maximum Gasteiger partial charge on any atom is 0.266 e. The van der Waals surface area contributed by atoms with Crippen LogP contribution in [0.3, 0.4) is 0 Å². The number of rotatable bonds is 4. The molecule has 0 spiro atoms. The number of hydrogen-bond donors (Lipinski definition) is 2. The topological polar surface area (TPSA) is 67.4 Å². The monoisotopic (exact) mass is 246 g/mol. The molecule has 5 heteroatoms. The maximum atomic E-state index is 11.7. The first kappa shape index (κ1) is 12.2. The van der Waals surface area contributed by atoms with Crippen LogP contribution in [0.1, 0.15) is 6.42 Å². The first-order chi connectivity index (χ1) is 8.70. The molecule has 1 aromatic carbocycles. The van der Waals surface area contributed by atoms with E-state index in [9.17, 15) is 9.59 Å². The summed E-state index contributed by atoms with van der Waals surface area (Å²) in [6.07, 6.45) is 0.785. The van der Waals surface area contributed by atoms with Crippen LogP contribution in [0.25, 0.3) is 0 Å². The number of carbonyl (C=O) groups is 2. The van der Waals surface area contributed by atoms with Crippen LogP contribution in [0.15, 0.2) is 36.9 Å². The van der Waals surface area contributed by atoms with E-state index in [0.29, 0.717) is 18.0 Å². The number of nitrogens with one attached hydrogen (secondary N) is 2. The van der Waals surface area contributed by atoms with Crippen molar-refractivity contribution in [2.75, 3.05) is 11.9 Å². The average molecular weight is 246 g/mol. The van der Waals surface area contributed by atoms with Gasteiger partial charge in [0.2, 0.25) is 5.91 Å². The van der Waals surface area contributed by atoms with Crippen molar-refractivity contribution in [2.24, 2.45) is 0 Å². The first-order valence-electron chi connectivity index (χ1n) is 5.65. The predicted molar refractivity (Wildman–Crippen MR) is 67.3 cm³/mol. The van der Waals surface area contributed by atoms with E-state index in [1.165, 1.54) is 0 Å². The van der Waals surface area contributed by atoms with Crippen molar-refractivity contribution in [1.29, 1.82) is 0 Å². The van der Waals surface area contributed by atoms with E-state index in [2.05, 4.69) is 17.2 Å². The van der Waals surface area contributed by atoms with E-state index in [0.717, 1.165) is 0 Å². The Kier molecular flexibility index (Phi) is 3.62. The molecule has 94 valence electrons. The lowest BCUT2D eigenvalue weighted by molar-refractivity contribution is -0.130. The maximum absolute atomic E-state index is 11.7. The zero-order chi connectivity index (χ0) is 13.0. The Morgan fingerprint density at radius 3 is 3.06 bits per heavy atom. The van der Waals surface area contributed by atoms with Gasteiger partial charge in [0.1, 0.15) is 5.75 Å². The van der Waals surface area contributed by atoms with Gasteiger partial charge < -0.3 is 15.4 Å². The number of fused-ring (bicyclic) bond motifs is 1. The summed E-state index contributed by atoms with van der Waals surface area (Å²) in [6, 6.07) is 7.12. The molecule has 0 bridgehead atoms. The van der Waals surface area contributed by atoms with Crippen molar-refractivity contribution < 1.29 is 14.3 Å². The second kappa shape index (κ2) is 5.35. The average Bonchev–Trinajstić information content (AvgIpc) is 2.37. The van der Waals surface area contributed by atoms with Crippen molar-refractivity contribution >= 4 is 17.5 Å². The van der Waals surface area contributed by atoms with Crippen molar-refractivity contribution in [3.05, 3.63) is 36.9 Å². The molecule has 0 aromatic heterocycles. The molecule has 0 saturated carbocycles. The van der Waals surface area contributed by atoms with Crippen molar-refractivity contribution in [2.45, 2.75) is 12.5 Å². The lowest BCUT2D eigenvalue weighted by atomic mass is 10.1. The quantitative estimate of drug-likeness (QED) is 0.781. The fourth-order valence-electron chi connectivity index (χ4n) is 1.65. The number of carbonyl (C=O) groups excluding carboxylic acids is 2. The van der Waals surface area contributed by atoms with Crippen LogP contribution < -0.4 is 15.4 Å². The van der Waals surface area contributed by atoms with Gasteiger partial charge in [-0.3, -0.25) is 9.59 Å². The molecule has 18 heavy (non-hydrogen) atoms. The number of benzene rings is 1. The SMILES string of the molecule is C=CCNC(=O)C[C@H]1Oc2ccccc2NC1=O. The van der Waals surface area contributed by atoms with Gasteiger partial charge in [0.15, 0.2) is 6.10 Å². The molecule has 2 rings (SSSR count). The molecule has 0 aliphatic carbocycles. The van der Waals surface area contributed by atoms with Crippen LogP contribution in [0.4, 0.5) is 5.69 Å². The van der Waals surface area contributed by atoms with Crippen LogP contribution in [-0.2, 0) is 9.59 Å². The van der Waals surface area contributed by atoms with E-state index in [4.69, 9.17) is 4.74 Å². The molecule has 1 heterocycles. The normalized spacial score (nSPS) is 17.1. The standard InChI is InChI=1S/C13H14N2O3/c1-2-7-14-12(16)8-11-13(17)15-9-5-3-4-6-10(9)18-11/h2-6,11H,1,7-8H2,(H,14,16)(H,15,17)/t11-/m1/s1. The first-order valence-corrected chi connectivity index (χ1v) is 5.65. The van der Waals surface area contributed by atoms with Gasteiger partial charge in [-0.1, -0.05) is 18.2 Å². The summed E-state index contributed by atoms with van der Waals surface area (Å²) in [4.78, 5) is 23.2. The second-order valence-corrected chi connectivity index (χ2v) is 3.89. The lowest BCUT2D eigenvalue weighted by Crippen LogP contribution is -2.41. The fraction of sp³-hybridized carbons (Fsp3) is 0.231. The Morgan fingerprint density at radius 1 is 1.50 bits per heavy atom. The van der Waals surface area contributed by atoms with Crippen LogP contribution in [-0.4, -0.2) is 24.5 Å². The second-order valence-electron chi connectivity index (χ2n) is 3.89. The fourth-order valence-corrected chi connectivity index (χ4v) is 1.65. The Hall–Kier alpha value is -2.30. The molecular formula is C13H14N2O3. The van der Waals surface area contributed by atoms with Gasteiger partial charge in [0.25, 0.3) is 5.91 Å². The van der Waals surface area contributed by atoms with Gasteiger partial charge in [0.05, 0.1) is 12.1 Å². The highest BCUT2D eigenvalue weighted by Crippen LogP contribution is 2.29. The number of hydrogen-bond acceptors (Lipinski definition) is 3. The number of ether oxygens (including phenoxy) is 1. The summed E-state index contributed by atoms with van der Waals surface area (Å²) in [5.41, 5.74) is 0.630. The summed E-state index contributed by atoms with van der Waals surface area (Å²) < 4.78 is 5.50. The molecule has 2 amide bonds. The van der Waals surface area contributed by atoms with Crippen LogP contribution in [0.5, 0.6) is 5.75 Å². The van der Waals surface area contributed by atoms with Crippen molar-refractivity contribution in [3.63, 3.8) is 0 Å². The molecule has 0 fully saturated rings. The van der Waals surface area contributed by atoms with E-state index >= 15 is 0 Å². The van der Waals surface area contributed by atoms with E-state index in [1.54, 1.807) is 24.3 Å². The Labute approximate surface area is 105 Å². The minimum Gasteiger partial charge on any atom is -0.478 e. The summed E-state index contributed by atoms with van der Waals surface area (Å²) in [7, 11) is 0. The van der Waals surface area contributed by atoms with Crippen LogP contribution in [0.2, 0.25) is 0 Å². The third-order valence-electron chi connectivity index (χ3n) is 2.52. The van der Waals surface area contributed by atoms with Crippen LogP contribution >= 0.6 is 0 Å². The molecule has 2 N–H and O–H groups in total. The zero-order valence-electron chi connectivity index (χ0n) is 9.81. The van der Waals surface area contributed by atoms with E-state index < -0.39 is 6.10 Å². The highest BCUT2D eigenvalue weighted by Gasteiger charge is 2.29. The highest BCUT2D eigenvalue weighted by molar-refractivity contribution is 5.99. The smallest absolute Gasteiger partial charge is 0.266 e. The Bertz CT molecular complexity index is 485. The molecule has 1 aliphatic rings. The minimum absolute atomic E-state index is 0.00594.